The second kappa shape index (κ2) is 5.29. The van der Waals surface area contributed by atoms with Crippen molar-refractivity contribution in [1.82, 2.24) is 4.98 Å². The fraction of sp³-hybridized carbons (Fsp3) is 0.500. The number of methoxy groups -OCH3 is 2. The van der Waals surface area contributed by atoms with Crippen molar-refractivity contribution in [2.45, 2.75) is 19.4 Å². The molecule has 6 nitrogen and oxygen atoms in total. The molecule has 0 spiro atoms. The Hall–Kier alpha value is -1.85. The third kappa shape index (κ3) is 2.82. The lowest BCUT2D eigenvalue weighted by molar-refractivity contribution is -0.517. The zero-order chi connectivity index (χ0) is 12.1. The van der Waals surface area contributed by atoms with E-state index in [1.165, 1.54) is 21.1 Å². The van der Waals surface area contributed by atoms with Crippen molar-refractivity contribution in [2.75, 3.05) is 14.2 Å². The van der Waals surface area contributed by atoms with Crippen molar-refractivity contribution in [1.29, 1.82) is 0 Å². The Morgan fingerprint density at radius 2 is 2.12 bits per heavy atom. The number of ether oxygens (including phenoxy) is 2. The normalized spacial score (nSPS) is 11.9. The molecule has 6 heteroatoms. The number of nitro groups is 1. The Balaban J connectivity index is 2.95. The minimum atomic E-state index is -0.700. The highest BCUT2D eigenvalue weighted by Crippen LogP contribution is 2.21. The van der Waals surface area contributed by atoms with E-state index in [1.807, 2.05) is 0 Å². The fourth-order valence-corrected chi connectivity index (χ4v) is 1.27. The van der Waals surface area contributed by atoms with Crippen LogP contribution in [0.3, 0.4) is 0 Å². The summed E-state index contributed by atoms with van der Waals surface area (Å²) in [4.78, 5) is 14.3. The predicted molar refractivity (Wildman–Crippen MR) is 57.5 cm³/mol. The molecule has 0 N–H and O–H groups in total. The third-order valence-corrected chi connectivity index (χ3v) is 2.18. The lowest BCUT2D eigenvalue weighted by Gasteiger charge is -2.09. The highest BCUT2D eigenvalue weighted by atomic mass is 16.6. The third-order valence-electron chi connectivity index (χ3n) is 2.18. The molecule has 1 aromatic rings. The van der Waals surface area contributed by atoms with Crippen molar-refractivity contribution in [3.05, 3.63) is 27.9 Å². The maximum Gasteiger partial charge on any atom is 0.216 e. The van der Waals surface area contributed by atoms with Gasteiger partial charge >= 0.3 is 0 Å². The van der Waals surface area contributed by atoms with Gasteiger partial charge in [-0.3, -0.25) is 10.1 Å². The first kappa shape index (κ1) is 12.2. The SMILES string of the molecule is COc1ccc(OC)c(CC(C)[N+](=O)[O-])n1. The molecule has 0 aliphatic heterocycles. The molecular formula is C10H14N2O4. The van der Waals surface area contributed by atoms with Crippen molar-refractivity contribution in [2.24, 2.45) is 0 Å². The van der Waals surface area contributed by atoms with Crippen molar-refractivity contribution >= 4 is 0 Å². The van der Waals surface area contributed by atoms with E-state index >= 15 is 0 Å². The summed E-state index contributed by atoms with van der Waals surface area (Å²) in [5.41, 5.74) is 0.533. The first-order chi connectivity index (χ1) is 7.58. The van der Waals surface area contributed by atoms with Gasteiger partial charge in [0.25, 0.3) is 0 Å². The van der Waals surface area contributed by atoms with Crippen LogP contribution in [0.1, 0.15) is 12.6 Å². The van der Waals surface area contributed by atoms with E-state index in [-0.39, 0.29) is 11.3 Å². The Morgan fingerprint density at radius 1 is 1.44 bits per heavy atom. The highest BCUT2D eigenvalue weighted by molar-refractivity contribution is 5.32. The highest BCUT2D eigenvalue weighted by Gasteiger charge is 2.18. The number of rotatable bonds is 5. The van der Waals surface area contributed by atoms with Crippen LogP contribution in [-0.2, 0) is 6.42 Å². The number of pyridine rings is 1. The van der Waals surface area contributed by atoms with Gasteiger partial charge in [-0.15, -0.1) is 0 Å². The maximum absolute atomic E-state index is 10.6. The second-order valence-corrected chi connectivity index (χ2v) is 3.34. The van der Waals surface area contributed by atoms with Crippen LogP contribution in [0, 0.1) is 10.1 Å². The van der Waals surface area contributed by atoms with Crippen LogP contribution in [-0.4, -0.2) is 30.2 Å². The molecule has 0 aliphatic carbocycles. The van der Waals surface area contributed by atoms with Crippen LogP contribution < -0.4 is 9.47 Å². The molecule has 1 unspecified atom stereocenters. The summed E-state index contributed by atoms with van der Waals surface area (Å²) in [6.07, 6.45) is 0.216. The van der Waals surface area contributed by atoms with E-state index in [0.717, 1.165) is 0 Å². The van der Waals surface area contributed by atoms with Gasteiger partial charge < -0.3 is 9.47 Å². The summed E-state index contributed by atoms with van der Waals surface area (Å²) in [7, 11) is 3.00. The van der Waals surface area contributed by atoms with E-state index in [2.05, 4.69) is 4.98 Å². The molecule has 88 valence electrons. The van der Waals surface area contributed by atoms with E-state index in [0.29, 0.717) is 17.3 Å². The molecular weight excluding hydrogens is 212 g/mol. The van der Waals surface area contributed by atoms with E-state index < -0.39 is 6.04 Å². The topological polar surface area (TPSA) is 74.5 Å². The van der Waals surface area contributed by atoms with Gasteiger partial charge in [-0.25, -0.2) is 4.98 Å². The summed E-state index contributed by atoms with van der Waals surface area (Å²) in [6.45, 7) is 1.53. The van der Waals surface area contributed by atoms with Gasteiger partial charge in [0.05, 0.1) is 26.3 Å². The zero-order valence-electron chi connectivity index (χ0n) is 9.47. The summed E-state index contributed by atoms with van der Waals surface area (Å²) < 4.78 is 10.0. The molecule has 0 saturated heterocycles. The molecule has 0 amide bonds. The molecule has 0 bridgehead atoms. The summed E-state index contributed by atoms with van der Waals surface area (Å²) in [5.74, 6) is 0.959. The zero-order valence-corrected chi connectivity index (χ0v) is 9.47. The molecule has 0 aliphatic rings. The Morgan fingerprint density at radius 3 is 2.62 bits per heavy atom. The van der Waals surface area contributed by atoms with Gasteiger partial charge in [-0.1, -0.05) is 0 Å². The molecule has 1 heterocycles. The van der Waals surface area contributed by atoms with Crippen molar-refractivity contribution in [3.8, 4) is 11.6 Å². The monoisotopic (exact) mass is 226 g/mol. The summed E-state index contributed by atoms with van der Waals surface area (Å²) >= 11 is 0. The number of hydrogen-bond acceptors (Lipinski definition) is 5. The van der Waals surface area contributed by atoms with Crippen LogP contribution in [0.25, 0.3) is 0 Å². The minimum Gasteiger partial charge on any atom is -0.495 e. The standard InChI is InChI=1S/C10H14N2O4/c1-7(12(13)14)6-8-9(15-2)4-5-10(11-8)16-3/h4-5,7H,6H2,1-3H3. The number of aromatic nitrogens is 1. The van der Waals surface area contributed by atoms with Gasteiger partial charge in [0.15, 0.2) is 0 Å². The summed E-state index contributed by atoms with van der Waals surface area (Å²) in [6, 6.07) is 2.64. The molecule has 1 rings (SSSR count). The lowest BCUT2D eigenvalue weighted by Crippen LogP contribution is -2.19. The largest absolute Gasteiger partial charge is 0.495 e. The fourth-order valence-electron chi connectivity index (χ4n) is 1.27. The molecule has 1 atom stereocenters. The van der Waals surface area contributed by atoms with E-state index in [9.17, 15) is 10.1 Å². The molecule has 0 radical (unpaired) electrons. The molecule has 16 heavy (non-hydrogen) atoms. The maximum atomic E-state index is 10.6. The predicted octanol–water partition coefficient (Wildman–Crippen LogP) is 1.31. The smallest absolute Gasteiger partial charge is 0.216 e. The first-order valence-corrected chi connectivity index (χ1v) is 4.80. The number of hydrogen-bond donors (Lipinski definition) is 0. The average molecular weight is 226 g/mol. The van der Waals surface area contributed by atoms with Crippen LogP contribution in [0.2, 0.25) is 0 Å². The van der Waals surface area contributed by atoms with Crippen LogP contribution in [0.15, 0.2) is 12.1 Å². The molecule has 0 aromatic carbocycles. The van der Waals surface area contributed by atoms with Crippen molar-refractivity contribution < 1.29 is 14.4 Å². The first-order valence-electron chi connectivity index (χ1n) is 4.80. The Bertz CT molecular complexity index is 381. The van der Waals surface area contributed by atoms with Crippen LogP contribution in [0.5, 0.6) is 11.6 Å². The van der Waals surface area contributed by atoms with Gasteiger partial charge in [-0.05, 0) is 6.07 Å². The van der Waals surface area contributed by atoms with Gasteiger partial charge in [0, 0.05) is 17.9 Å². The average Bonchev–Trinajstić information content (AvgIpc) is 2.28. The lowest BCUT2D eigenvalue weighted by atomic mass is 10.1. The molecule has 0 fully saturated rings. The minimum absolute atomic E-state index is 0.216. The van der Waals surface area contributed by atoms with E-state index in [1.54, 1.807) is 12.1 Å². The van der Waals surface area contributed by atoms with Crippen LogP contribution in [0.4, 0.5) is 0 Å². The molecule has 0 saturated carbocycles. The van der Waals surface area contributed by atoms with Gasteiger partial charge in [-0.2, -0.15) is 0 Å². The Labute approximate surface area is 93.4 Å². The van der Waals surface area contributed by atoms with Crippen LogP contribution >= 0.6 is 0 Å². The Kier molecular flexibility index (Phi) is 4.04. The summed E-state index contributed by atoms with van der Waals surface area (Å²) in [5, 5.41) is 10.6. The number of nitrogens with zero attached hydrogens (tertiary/aromatic N) is 2. The van der Waals surface area contributed by atoms with E-state index in [4.69, 9.17) is 9.47 Å². The molecule has 1 aromatic heterocycles. The van der Waals surface area contributed by atoms with Gasteiger partial charge in [0.2, 0.25) is 11.9 Å². The van der Waals surface area contributed by atoms with Crippen molar-refractivity contribution in [3.63, 3.8) is 0 Å². The quantitative estimate of drug-likeness (QED) is 0.559. The van der Waals surface area contributed by atoms with Gasteiger partial charge in [0.1, 0.15) is 5.75 Å². The second-order valence-electron chi connectivity index (χ2n) is 3.34.